The molecule has 5 nitrogen and oxygen atoms in total. The zero-order valence-electron chi connectivity index (χ0n) is 11.0. The third kappa shape index (κ3) is 3.55. The molecule has 3 N–H and O–H groups in total. The molecule has 1 unspecified atom stereocenters. The van der Waals surface area contributed by atoms with Crippen molar-refractivity contribution < 1.29 is 14.7 Å². The third-order valence-corrected chi connectivity index (χ3v) is 2.55. The van der Waals surface area contributed by atoms with Crippen LogP contribution in [0.5, 0.6) is 11.5 Å². The van der Waals surface area contributed by atoms with Gasteiger partial charge in [-0.25, -0.2) is 0 Å². The van der Waals surface area contributed by atoms with Crippen molar-refractivity contribution in [2.75, 3.05) is 6.61 Å². The fourth-order valence-corrected chi connectivity index (χ4v) is 1.39. The van der Waals surface area contributed by atoms with E-state index in [1.807, 2.05) is 13.8 Å². The maximum Gasteiger partial charge on any atom is 0.170 e. The Morgan fingerprint density at radius 1 is 1.39 bits per heavy atom. The Balaban J connectivity index is 3.04. The van der Waals surface area contributed by atoms with Gasteiger partial charge in [0.15, 0.2) is 17.3 Å². The first-order chi connectivity index (χ1) is 8.62. The van der Waals surface area contributed by atoms with Crippen molar-refractivity contribution in [2.45, 2.75) is 33.3 Å². The van der Waals surface area contributed by atoms with Crippen molar-refractivity contribution in [1.29, 1.82) is 0 Å². The molecule has 0 spiro atoms. The highest BCUT2D eigenvalue weighted by Crippen LogP contribution is 2.29. The summed E-state index contributed by atoms with van der Waals surface area (Å²) >= 11 is 0. The average molecular weight is 252 g/mol. The molecule has 0 saturated carbocycles. The molecule has 0 saturated heterocycles. The van der Waals surface area contributed by atoms with Crippen LogP contribution in [0.25, 0.3) is 0 Å². The largest absolute Gasteiger partial charge is 0.490 e. The number of nitrogens with zero attached hydrogens (tertiary/aromatic N) is 1. The van der Waals surface area contributed by atoms with Crippen LogP contribution >= 0.6 is 0 Å². The molecule has 0 amide bonds. The van der Waals surface area contributed by atoms with E-state index in [2.05, 4.69) is 12.1 Å². The molecule has 0 heterocycles. The van der Waals surface area contributed by atoms with Gasteiger partial charge in [-0.1, -0.05) is 12.1 Å². The van der Waals surface area contributed by atoms with E-state index >= 15 is 0 Å². The lowest BCUT2D eigenvalue weighted by Crippen LogP contribution is -2.14. The normalized spacial score (nSPS) is 13.2. The van der Waals surface area contributed by atoms with Crippen LogP contribution in [0, 0.1) is 0 Å². The molecular formula is C13H20N2O3. The second-order valence-corrected chi connectivity index (χ2v) is 3.92. The smallest absolute Gasteiger partial charge is 0.170 e. The van der Waals surface area contributed by atoms with Gasteiger partial charge in [0.05, 0.1) is 12.7 Å². The van der Waals surface area contributed by atoms with Gasteiger partial charge in [-0.05, 0) is 38.5 Å². The molecule has 1 atom stereocenters. The number of nitrogens with two attached hydrogens (primary N) is 1. The number of ether oxygens (including phenoxy) is 2. The number of oxime groups is 1. The molecule has 0 fully saturated rings. The Morgan fingerprint density at radius 2 is 2.11 bits per heavy atom. The Morgan fingerprint density at radius 3 is 2.67 bits per heavy atom. The second-order valence-electron chi connectivity index (χ2n) is 3.92. The zero-order chi connectivity index (χ0) is 13.5. The van der Waals surface area contributed by atoms with Crippen molar-refractivity contribution in [3.8, 4) is 11.5 Å². The van der Waals surface area contributed by atoms with Gasteiger partial charge < -0.3 is 20.4 Å². The number of hydrogen-bond acceptors (Lipinski definition) is 4. The fraction of sp³-hybridized carbons (Fsp3) is 0.462. The molecule has 1 aromatic carbocycles. The lowest BCUT2D eigenvalue weighted by Gasteiger charge is -2.16. The number of rotatable bonds is 6. The lowest BCUT2D eigenvalue weighted by molar-refractivity contribution is 0.203. The summed E-state index contributed by atoms with van der Waals surface area (Å²) in [6.45, 7) is 6.46. The monoisotopic (exact) mass is 252 g/mol. The highest BCUT2D eigenvalue weighted by atomic mass is 16.5. The van der Waals surface area contributed by atoms with Crippen LogP contribution in [-0.2, 0) is 0 Å². The Hall–Kier alpha value is -1.91. The highest BCUT2D eigenvalue weighted by Gasteiger charge is 2.11. The topological polar surface area (TPSA) is 77.1 Å². The van der Waals surface area contributed by atoms with Crippen LogP contribution in [0.2, 0.25) is 0 Å². The highest BCUT2D eigenvalue weighted by molar-refractivity contribution is 5.97. The third-order valence-electron chi connectivity index (χ3n) is 2.55. The molecule has 0 radical (unpaired) electrons. The molecule has 1 aromatic rings. The molecule has 0 aliphatic rings. The van der Waals surface area contributed by atoms with Crippen LogP contribution in [0.15, 0.2) is 23.4 Å². The Labute approximate surface area is 107 Å². The van der Waals surface area contributed by atoms with E-state index in [0.29, 0.717) is 23.7 Å². The maximum atomic E-state index is 8.65. The van der Waals surface area contributed by atoms with Gasteiger partial charge in [-0.15, -0.1) is 0 Å². The quantitative estimate of drug-likeness (QED) is 0.352. The molecule has 0 aliphatic carbocycles. The minimum Gasteiger partial charge on any atom is -0.490 e. The standard InChI is InChI=1S/C13H20N2O3/c1-4-9(3)18-11-7-6-10(13(14)15-16)8-12(11)17-5-2/h6-9,16H,4-5H2,1-3H3,(H2,14,15). The maximum absolute atomic E-state index is 8.65. The molecule has 5 heteroatoms. The SMILES string of the molecule is CCOc1cc(/C(N)=N/O)ccc1OC(C)CC. The lowest BCUT2D eigenvalue weighted by atomic mass is 10.2. The Bertz CT molecular complexity index is 419. The number of hydrogen-bond donors (Lipinski definition) is 2. The van der Waals surface area contributed by atoms with Gasteiger partial charge in [-0.2, -0.15) is 0 Å². The van der Waals surface area contributed by atoms with Gasteiger partial charge >= 0.3 is 0 Å². The first-order valence-electron chi connectivity index (χ1n) is 6.03. The number of amidine groups is 1. The first kappa shape index (κ1) is 14.2. The van der Waals surface area contributed by atoms with E-state index < -0.39 is 0 Å². The van der Waals surface area contributed by atoms with Crippen LogP contribution in [0.4, 0.5) is 0 Å². The molecule has 100 valence electrons. The summed E-state index contributed by atoms with van der Waals surface area (Å²) in [5, 5.41) is 11.6. The summed E-state index contributed by atoms with van der Waals surface area (Å²) in [6.07, 6.45) is 1.02. The van der Waals surface area contributed by atoms with Gasteiger partial charge in [0.25, 0.3) is 0 Å². The molecule has 18 heavy (non-hydrogen) atoms. The number of benzene rings is 1. The summed E-state index contributed by atoms with van der Waals surface area (Å²) in [5.41, 5.74) is 6.14. The van der Waals surface area contributed by atoms with Crippen LogP contribution in [0.1, 0.15) is 32.8 Å². The van der Waals surface area contributed by atoms with E-state index in [4.69, 9.17) is 20.4 Å². The van der Waals surface area contributed by atoms with Gasteiger partial charge in [0.2, 0.25) is 0 Å². The summed E-state index contributed by atoms with van der Waals surface area (Å²) in [7, 11) is 0. The first-order valence-corrected chi connectivity index (χ1v) is 6.03. The van der Waals surface area contributed by atoms with Crippen molar-refractivity contribution in [3.05, 3.63) is 23.8 Å². The van der Waals surface area contributed by atoms with Crippen molar-refractivity contribution in [1.82, 2.24) is 0 Å². The van der Waals surface area contributed by atoms with Crippen LogP contribution < -0.4 is 15.2 Å². The van der Waals surface area contributed by atoms with Crippen molar-refractivity contribution >= 4 is 5.84 Å². The predicted molar refractivity (Wildman–Crippen MR) is 70.5 cm³/mol. The summed E-state index contributed by atoms with van der Waals surface area (Å²) in [4.78, 5) is 0. The molecule has 1 rings (SSSR count). The second kappa shape index (κ2) is 6.74. The van der Waals surface area contributed by atoms with E-state index in [9.17, 15) is 0 Å². The predicted octanol–water partition coefficient (Wildman–Crippen LogP) is 2.36. The van der Waals surface area contributed by atoms with E-state index in [0.717, 1.165) is 6.42 Å². The zero-order valence-corrected chi connectivity index (χ0v) is 11.0. The Kier molecular flexibility index (Phi) is 5.30. The van der Waals surface area contributed by atoms with Gasteiger partial charge in [-0.3, -0.25) is 0 Å². The minimum absolute atomic E-state index is 0.0473. The summed E-state index contributed by atoms with van der Waals surface area (Å²) in [6, 6.07) is 5.20. The molecule has 0 bridgehead atoms. The van der Waals surface area contributed by atoms with Gasteiger partial charge in [0, 0.05) is 5.56 Å². The van der Waals surface area contributed by atoms with Crippen LogP contribution in [-0.4, -0.2) is 23.8 Å². The summed E-state index contributed by atoms with van der Waals surface area (Å²) in [5.74, 6) is 1.31. The summed E-state index contributed by atoms with van der Waals surface area (Å²) < 4.78 is 11.2. The minimum atomic E-state index is 0.0473. The fourth-order valence-electron chi connectivity index (χ4n) is 1.39. The van der Waals surface area contributed by atoms with Crippen LogP contribution in [0.3, 0.4) is 0 Å². The average Bonchev–Trinajstić information content (AvgIpc) is 2.39. The van der Waals surface area contributed by atoms with E-state index in [1.165, 1.54) is 0 Å². The van der Waals surface area contributed by atoms with Crippen molar-refractivity contribution in [2.24, 2.45) is 10.9 Å². The molecular weight excluding hydrogens is 232 g/mol. The molecule has 0 aliphatic heterocycles. The van der Waals surface area contributed by atoms with E-state index in [1.54, 1.807) is 18.2 Å². The van der Waals surface area contributed by atoms with E-state index in [-0.39, 0.29) is 11.9 Å². The van der Waals surface area contributed by atoms with Gasteiger partial charge in [0.1, 0.15) is 0 Å². The molecule has 0 aromatic heterocycles. The van der Waals surface area contributed by atoms with Crippen molar-refractivity contribution in [3.63, 3.8) is 0 Å².